The predicted molar refractivity (Wildman–Crippen MR) is 78.4 cm³/mol. The molecule has 0 radical (unpaired) electrons. The van der Waals surface area contributed by atoms with E-state index in [0.29, 0.717) is 5.92 Å². The molecule has 1 aliphatic rings. The van der Waals surface area contributed by atoms with Crippen LogP contribution < -0.4 is 5.73 Å². The van der Waals surface area contributed by atoms with Crippen LogP contribution in [-0.2, 0) is 4.79 Å². The Hall–Kier alpha value is -1.21. The van der Waals surface area contributed by atoms with Gasteiger partial charge in [-0.05, 0) is 37.7 Å². The number of aliphatic hydroxyl groups excluding tert-OH is 4. The summed E-state index contributed by atoms with van der Waals surface area (Å²) in [5.74, 6) is 0.0271. The molecule has 0 bridgehead atoms. The standard InChI is InChI=1S/C15H25NO5/c1-8-3-9(2)5-10(4-8)6-12(18)14(20)15(21)13(19)11(16)7-17/h3,6-8,10-11,13-15,18-21H,4-5,16H2,1-2H3/b12-6+/t8?,10?,11-,13+,14?,15-/m0/s1. The van der Waals surface area contributed by atoms with Crippen LogP contribution in [0.15, 0.2) is 23.5 Å². The summed E-state index contributed by atoms with van der Waals surface area (Å²) in [6.45, 7) is 4.07. The van der Waals surface area contributed by atoms with Gasteiger partial charge >= 0.3 is 0 Å². The van der Waals surface area contributed by atoms with Crippen molar-refractivity contribution in [1.29, 1.82) is 0 Å². The van der Waals surface area contributed by atoms with Gasteiger partial charge < -0.3 is 31.0 Å². The summed E-state index contributed by atoms with van der Waals surface area (Å²) in [6.07, 6.45) is 0.512. The van der Waals surface area contributed by atoms with E-state index in [4.69, 9.17) is 5.73 Å². The Labute approximate surface area is 124 Å². The minimum Gasteiger partial charge on any atom is -0.510 e. The van der Waals surface area contributed by atoms with E-state index in [1.54, 1.807) is 0 Å². The number of aldehydes is 1. The van der Waals surface area contributed by atoms with Crippen LogP contribution in [0.2, 0.25) is 0 Å². The molecule has 120 valence electrons. The highest BCUT2D eigenvalue weighted by Crippen LogP contribution is 2.29. The lowest BCUT2D eigenvalue weighted by atomic mass is 9.83. The molecule has 6 atom stereocenters. The van der Waals surface area contributed by atoms with Gasteiger partial charge in [-0.25, -0.2) is 0 Å². The van der Waals surface area contributed by atoms with Crippen LogP contribution in [0, 0.1) is 11.8 Å². The normalized spacial score (nSPS) is 29.2. The van der Waals surface area contributed by atoms with E-state index >= 15 is 0 Å². The van der Waals surface area contributed by atoms with Crippen LogP contribution in [0.3, 0.4) is 0 Å². The first-order chi connectivity index (χ1) is 9.76. The van der Waals surface area contributed by atoms with Gasteiger partial charge in [0.25, 0.3) is 0 Å². The second-order valence-electron chi connectivity index (χ2n) is 5.92. The minimum absolute atomic E-state index is 0.0590. The molecular weight excluding hydrogens is 274 g/mol. The highest BCUT2D eigenvalue weighted by Gasteiger charge is 2.32. The zero-order valence-electron chi connectivity index (χ0n) is 12.4. The summed E-state index contributed by atoms with van der Waals surface area (Å²) >= 11 is 0. The van der Waals surface area contributed by atoms with Crippen molar-refractivity contribution in [3.05, 3.63) is 23.5 Å². The summed E-state index contributed by atoms with van der Waals surface area (Å²) in [7, 11) is 0. The van der Waals surface area contributed by atoms with Crippen LogP contribution in [0.5, 0.6) is 0 Å². The van der Waals surface area contributed by atoms with Gasteiger partial charge in [-0.3, -0.25) is 0 Å². The van der Waals surface area contributed by atoms with Crippen molar-refractivity contribution in [2.75, 3.05) is 0 Å². The van der Waals surface area contributed by atoms with Crippen molar-refractivity contribution in [2.45, 2.75) is 51.0 Å². The Kier molecular flexibility index (Phi) is 6.54. The Balaban J connectivity index is 2.73. The number of allylic oxidation sites excluding steroid dienone is 3. The summed E-state index contributed by atoms with van der Waals surface area (Å²) in [5.41, 5.74) is 6.49. The number of carbonyl (C=O) groups is 1. The maximum Gasteiger partial charge on any atom is 0.139 e. The highest BCUT2D eigenvalue weighted by molar-refractivity contribution is 5.58. The Morgan fingerprint density at radius 3 is 2.52 bits per heavy atom. The van der Waals surface area contributed by atoms with Crippen molar-refractivity contribution in [3.63, 3.8) is 0 Å². The molecule has 0 aliphatic heterocycles. The molecule has 0 heterocycles. The number of hydrogen-bond acceptors (Lipinski definition) is 6. The van der Waals surface area contributed by atoms with E-state index in [9.17, 15) is 25.2 Å². The Bertz CT molecular complexity index is 420. The molecule has 0 aromatic rings. The van der Waals surface area contributed by atoms with Crippen molar-refractivity contribution in [2.24, 2.45) is 17.6 Å². The number of rotatable bonds is 6. The summed E-state index contributed by atoms with van der Waals surface area (Å²) in [4.78, 5) is 10.5. The smallest absolute Gasteiger partial charge is 0.139 e. The van der Waals surface area contributed by atoms with Gasteiger partial charge in [-0.1, -0.05) is 18.6 Å². The molecule has 0 aromatic carbocycles. The number of hydrogen-bond donors (Lipinski definition) is 5. The molecular formula is C15H25NO5. The van der Waals surface area contributed by atoms with Crippen LogP contribution in [0.4, 0.5) is 0 Å². The Morgan fingerprint density at radius 2 is 2.00 bits per heavy atom. The highest BCUT2D eigenvalue weighted by atomic mass is 16.4. The molecule has 0 saturated heterocycles. The first-order valence-corrected chi connectivity index (χ1v) is 7.09. The summed E-state index contributed by atoms with van der Waals surface area (Å²) < 4.78 is 0. The molecule has 0 amide bonds. The molecule has 21 heavy (non-hydrogen) atoms. The molecule has 6 heteroatoms. The molecule has 0 saturated carbocycles. The third-order valence-corrected chi connectivity index (χ3v) is 3.76. The van der Waals surface area contributed by atoms with Gasteiger partial charge in [0.05, 0.1) is 6.04 Å². The first-order valence-electron chi connectivity index (χ1n) is 7.09. The van der Waals surface area contributed by atoms with Crippen molar-refractivity contribution in [3.8, 4) is 0 Å². The topological polar surface area (TPSA) is 124 Å². The third-order valence-electron chi connectivity index (χ3n) is 3.76. The van der Waals surface area contributed by atoms with Gasteiger partial charge in [0.15, 0.2) is 0 Å². The molecule has 6 N–H and O–H groups in total. The monoisotopic (exact) mass is 299 g/mol. The van der Waals surface area contributed by atoms with Crippen LogP contribution in [0.1, 0.15) is 26.7 Å². The van der Waals surface area contributed by atoms with Gasteiger partial charge in [-0.2, -0.15) is 0 Å². The third kappa shape index (κ3) is 4.93. The van der Waals surface area contributed by atoms with E-state index in [2.05, 4.69) is 13.0 Å². The van der Waals surface area contributed by atoms with Gasteiger partial charge in [-0.15, -0.1) is 0 Å². The van der Waals surface area contributed by atoms with Gasteiger partial charge in [0.1, 0.15) is 30.4 Å². The Morgan fingerprint density at radius 1 is 1.38 bits per heavy atom. The maximum absolute atomic E-state index is 10.5. The van der Waals surface area contributed by atoms with Crippen LogP contribution in [-0.4, -0.2) is 51.1 Å². The van der Waals surface area contributed by atoms with E-state index in [0.717, 1.165) is 12.8 Å². The van der Waals surface area contributed by atoms with Crippen molar-refractivity contribution >= 4 is 6.29 Å². The number of nitrogens with two attached hydrogens (primary N) is 1. The summed E-state index contributed by atoms with van der Waals surface area (Å²) in [6, 6.07) is -1.32. The van der Waals surface area contributed by atoms with E-state index in [-0.39, 0.29) is 12.2 Å². The van der Waals surface area contributed by atoms with Gasteiger partial charge in [0.2, 0.25) is 0 Å². The lowest BCUT2D eigenvalue weighted by Gasteiger charge is -2.26. The molecule has 3 unspecified atom stereocenters. The zero-order valence-corrected chi connectivity index (χ0v) is 12.4. The summed E-state index contributed by atoms with van der Waals surface area (Å²) in [5, 5.41) is 39.1. The molecule has 0 aromatic heterocycles. The van der Waals surface area contributed by atoms with Crippen molar-refractivity contribution < 1.29 is 25.2 Å². The van der Waals surface area contributed by atoms with Gasteiger partial charge in [0, 0.05) is 0 Å². The van der Waals surface area contributed by atoms with E-state index in [1.807, 2.05) is 6.92 Å². The van der Waals surface area contributed by atoms with E-state index < -0.39 is 30.1 Å². The molecule has 6 nitrogen and oxygen atoms in total. The average molecular weight is 299 g/mol. The fourth-order valence-electron chi connectivity index (χ4n) is 2.73. The fourth-order valence-corrected chi connectivity index (χ4v) is 2.73. The fraction of sp³-hybridized carbons (Fsp3) is 0.667. The number of aliphatic hydroxyl groups is 4. The lowest BCUT2D eigenvalue weighted by molar-refractivity contribution is -0.116. The largest absolute Gasteiger partial charge is 0.510 e. The predicted octanol–water partition coefficient (Wildman–Crippen LogP) is 0.0296. The minimum atomic E-state index is -1.72. The molecule has 1 rings (SSSR count). The second-order valence-corrected chi connectivity index (χ2v) is 5.92. The second kappa shape index (κ2) is 7.70. The molecule has 0 fully saturated rings. The molecule has 1 aliphatic carbocycles. The molecule has 0 spiro atoms. The van der Waals surface area contributed by atoms with Crippen LogP contribution in [0.25, 0.3) is 0 Å². The van der Waals surface area contributed by atoms with Crippen molar-refractivity contribution in [1.82, 2.24) is 0 Å². The maximum atomic E-state index is 10.5. The first kappa shape index (κ1) is 17.8. The van der Waals surface area contributed by atoms with Crippen LogP contribution >= 0.6 is 0 Å². The lowest BCUT2D eigenvalue weighted by Crippen LogP contribution is -2.49. The SMILES string of the molecule is CC1=CC(C)CC(/C=C(/O)C(O)[C@@H](O)[C@H](O)[C@@H](N)C=O)C1. The quantitative estimate of drug-likeness (QED) is 0.268. The van der Waals surface area contributed by atoms with E-state index in [1.165, 1.54) is 11.6 Å². The average Bonchev–Trinajstić information content (AvgIpc) is 2.42. The number of carbonyl (C=O) groups excluding carboxylic acids is 1. The zero-order chi connectivity index (χ0) is 16.2.